The highest BCUT2D eigenvalue weighted by Gasteiger charge is 2.19. The first-order valence-electron chi connectivity index (χ1n) is 26.4. The second-order valence-corrected chi connectivity index (χ2v) is 17.1. The van der Waals surface area contributed by atoms with Crippen LogP contribution in [0.4, 0.5) is 0 Å². The largest absolute Gasteiger partial charge is 0.462 e. The maximum Gasteiger partial charge on any atom is 0.309 e. The zero-order valence-electron chi connectivity index (χ0n) is 42.0. The van der Waals surface area contributed by atoms with Crippen molar-refractivity contribution >= 4 is 17.9 Å². The van der Waals surface area contributed by atoms with Crippen LogP contribution in [0.15, 0.2) is 109 Å². The summed E-state index contributed by atoms with van der Waals surface area (Å²) >= 11 is 0. The van der Waals surface area contributed by atoms with Crippen molar-refractivity contribution in [1.29, 1.82) is 0 Å². The average Bonchev–Trinajstić information content (AvgIpc) is 3.30. The van der Waals surface area contributed by atoms with Crippen LogP contribution in [0, 0.1) is 0 Å². The highest BCUT2D eigenvalue weighted by Crippen LogP contribution is 2.14. The molecule has 0 aromatic rings. The second-order valence-electron chi connectivity index (χ2n) is 17.1. The molecule has 0 aliphatic heterocycles. The second kappa shape index (κ2) is 52.7. The molecule has 0 spiro atoms. The van der Waals surface area contributed by atoms with Gasteiger partial charge in [-0.15, -0.1) is 0 Å². The van der Waals surface area contributed by atoms with Crippen molar-refractivity contribution < 1.29 is 28.6 Å². The van der Waals surface area contributed by atoms with Gasteiger partial charge in [0.25, 0.3) is 0 Å². The molecule has 0 aliphatic rings. The van der Waals surface area contributed by atoms with Crippen LogP contribution < -0.4 is 0 Å². The van der Waals surface area contributed by atoms with Gasteiger partial charge < -0.3 is 14.2 Å². The summed E-state index contributed by atoms with van der Waals surface area (Å²) in [6, 6.07) is 0. The number of carbonyl (C=O) groups is 3. The third-order valence-corrected chi connectivity index (χ3v) is 10.8. The summed E-state index contributed by atoms with van der Waals surface area (Å²) in [5, 5.41) is 0. The van der Waals surface area contributed by atoms with Crippen LogP contribution in [-0.2, 0) is 28.6 Å². The van der Waals surface area contributed by atoms with E-state index in [0.717, 1.165) is 96.3 Å². The molecule has 0 fully saturated rings. The minimum absolute atomic E-state index is 0.116. The Kier molecular flexibility index (Phi) is 49.5. The van der Waals surface area contributed by atoms with E-state index in [1.54, 1.807) is 6.08 Å². The van der Waals surface area contributed by atoms with E-state index >= 15 is 0 Å². The first-order chi connectivity index (χ1) is 32.0. The van der Waals surface area contributed by atoms with E-state index in [9.17, 15) is 14.4 Å². The number of unbranched alkanes of at least 4 members (excludes halogenated alkanes) is 19. The van der Waals surface area contributed by atoms with E-state index in [-0.39, 0.29) is 31.6 Å². The number of ether oxygens (including phenoxy) is 3. The number of hydrogen-bond donors (Lipinski definition) is 0. The van der Waals surface area contributed by atoms with Crippen molar-refractivity contribution in [3.63, 3.8) is 0 Å². The Morgan fingerprint density at radius 3 is 1.17 bits per heavy atom. The lowest BCUT2D eigenvalue weighted by Gasteiger charge is -2.18. The number of carbonyl (C=O) groups excluding carboxylic acids is 3. The van der Waals surface area contributed by atoms with E-state index in [4.69, 9.17) is 14.2 Å². The molecule has 0 amide bonds. The van der Waals surface area contributed by atoms with Crippen LogP contribution in [0.25, 0.3) is 0 Å². The zero-order valence-corrected chi connectivity index (χ0v) is 42.0. The van der Waals surface area contributed by atoms with Crippen LogP contribution in [0.5, 0.6) is 0 Å². The van der Waals surface area contributed by atoms with Crippen molar-refractivity contribution in [2.45, 2.75) is 232 Å². The molecule has 6 nitrogen and oxygen atoms in total. The predicted octanol–water partition coefficient (Wildman–Crippen LogP) is 17.5. The van der Waals surface area contributed by atoms with Crippen molar-refractivity contribution in [2.75, 3.05) is 13.2 Å². The number of esters is 3. The van der Waals surface area contributed by atoms with E-state index in [1.165, 1.54) is 89.9 Å². The fourth-order valence-corrected chi connectivity index (χ4v) is 6.90. The first-order valence-corrected chi connectivity index (χ1v) is 26.4. The summed E-state index contributed by atoms with van der Waals surface area (Å²) in [6.07, 6.45) is 71.1. The Morgan fingerprint density at radius 1 is 0.354 bits per heavy atom. The van der Waals surface area contributed by atoms with Crippen LogP contribution in [0.2, 0.25) is 0 Å². The lowest BCUT2D eigenvalue weighted by molar-refractivity contribution is -0.166. The monoisotopic (exact) mass is 901 g/mol. The van der Waals surface area contributed by atoms with Gasteiger partial charge in [0.1, 0.15) is 13.2 Å². The number of rotatable bonds is 46. The third-order valence-electron chi connectivity index (χ3n) is 10.8. The summed E-state index contributed by atoms with van der Waals surface area (Å²) in [4.78, 5) is 37.9. The Bertz CT molecular complexity index is 1360. The molecule has 1 unspecified atom stereocenters. The van der Waals surface area contributed by atoms with Crippen molar-refractivity contribution in [2.24, 2.45) is 0 Å². The van der Waals surface area contributed by atoms with Gasteiger partial charge >= 0.3 is 17.9 Å². The molecule has 0 heterocycles. The summed E-state index contributed by atoms with van der Waals surface area (Å²) in [7, 11) is 0. The Hall–Kier alpha value is -3.93. The van der Waals surface area contributed by atoms with Gasteiger partial charge in [0.15, 0.2) is 6.10 Å². The van der Waals surface area contributed by atoms with Crippen molar-refractivity contribution in [3.8, 4) is 0 Å². The van der Waals surface area contributed by atoms with Gasteiger partial charge in [-0.1, -0.05) is 220 Å². The lowest BCUT2D eigenvalue weighted by atomic mass is 10.1. The molecule has 368 valence electrons. The molecule has 0 saturated heterocycles. The summed E-state index contributed by atoms with van der Waals surface area (Å²) in [5.74, 6) is -1.07. The molecule has 0 N–H and O–H groups in total. The molecule has 0 rings (SSSR count). The van der Waals surface area contributed by atoms with Crippen molar-refractivity contribution in [1.82, 2.24) is 0 Å². The summed E-state index contributed by atoms with van der Waals surface area (Å²) < 4.78 is 16.7. The van der Waals surface area contributed by atoms with Crippen LogP contribution in [0.3, 0.4) is 0 Å². The van der Waals surface area contributed by atoms with Crippen LogP contribution in [0.1, 0.15) is 226 Å². The van der Waals surface area contributed by atoms with E-state index in [2.05, 4.69) is 118 Å². The molecule has 0 aromatic heterocycles. The van der Waals surface area contributed by atoms with Gasteiger partial charge in [0.2, 0.25) is 0 Å². The lowest BCUT2D eigenvalue weighted by Crippen LogP contribution is -2.30. The van der Waals surface area contributed by atoms with E-state index in [1.807, 2.05) is 6.08 Å². The molecule has 0 saturated carbocycles. The molecule has 0 bridgehead atoms. The third kappa shape index (κ3) is 50.9. The van der Waals surface area contributed by atoms with Gasteiger partial charge in [0, 0.05) is 12.8 Å². The highest BCUT2D eigenvalue weighted by atomic mass is 16.6. The van der Waals surface area contributed by atoms with E-state index in [0.29, 0.717) is 12.8 Å². The summed E-state index contributed by atoms with van der Waals surface area (Å²) in [6.45, 7) is 6.26. The highest BCUT2D eigenvalue weighted by molar-refractivity contribution is 5.72. The predicted molar refractivity (Wildman–Crippen MR) is 279 cm³/mol. The van der Waals surface area contributed by atoms with E-state index < -0.39 is 12.1 Å². The topological polar surface area (TPSA) is 78.9 Å². The summed E-state index contributed by atoms with van der Waals surface area (Å²) in [5.41, 5.74) is 0. The molecule has 1 atom stereocenters. The average molecular weight is 901 g/mol. The van der Waals surface area contributed by atoms with Crippen LogP contribution in [-0.4, -0.2) is 37.2 Å². The molecule has 6 heteroatoms. The number of allylic oxidation sites excluding steroid dienone is 17. The molecule has 65 heavy (non-hydrogen) atoms. The minimum atomic E-state index is -0.822. The molecular formula is C59H96O6. The van der Waals surface area contributed by atoms with Gasteiger partial charge in [-0.25, -0.2) is 0 Å². The van der Waals surface area contributed by atoms with Gasteiger partial charge in [-0.2, -0.15) is 0 Å². The fraction of sp³-hybridized carbons (Fsp3) is 0.644. The normalized spacial score (nSPS) is 13.0. The molecule has 0 radical (unpaired) electrons. The quantitative estimate of drug-likeness (QED) is 0.0199. The van der Waals surface area contributed by atoms with Gasteiger partial charge in [-0.3, -0.25) is 14.4 Å². The maximum atomic E-state index is 12.8. The number of hydrogen-bond acceptors (Lipinski definition) is 6. The maximum absolute atomic E-state index is 12.8. The van der Waals surface area contributed by atoms with Crippen LogP contribution >= 0.6 is 0 Å². The zero-order chi connectivity index (χ0) is 47.2. The fourth-order valence-electron chi connectivity index (χ4n) is 6.90. The molecular weight excluding hydrogens is 805 g/mol. The Balaban J connectivity index is 4.39. The van der Waals surface area contributed by atoms with Gasteiger partial charge in [0.05, 0.1) is 6.42 Å². The Labute approximate surface area is 400 Å². The van der Waals surface area contributed by atoms with Gasteiger partial charge in [-0.05, 0) is 96.3 Å². The minimum Gasteiger partial charge on any atom is -0.462 e. The molecule has 0 aromatic carbocycles. The molecule has 0 aliphatic carbocycles. The first kappa shape index (κ1) is 61.1. The smallest absolute Gasteiger partial charge is 0.309 e. The Morgan fingerprint density at radius 2 is 0.708 bits per heavy atom. The SMILES string of the molecule is CC/C=C\C/C=C\C/C=C\C/C=C\CCCCCCCCC(=O)OCC(COC(=O)C/C=C\C/C=C\C/C=C\CC)OC(=O)CCCCCCCCCCCC/C=C\C=C/CCCCC. The van der Waals surface area contributed by atoms with Crippen molar-refractivity contribution in [3.05, 3.63) is 109 Å². The standard InChI is InChI=1S/C59H96O6/c1-4-7-10-13-16-19-21-23-25-27-29-31-33-35-37-40-43-46-49-52-58(61)64-55-56(54-63-57(60)51-48-45-42-39-18-15-12-9-6-3)65-59(62)53-50-47-44-41-38-36-34-32-30-28-26-24-22-20-17-14-11-8-5-2/h7,9-10,12,16-20,22-25,29,31,39,45,48,56H,4-6,8,11,13-15,21,26-28,30,32-38,40-44,46-47,49-55H2,1-3H3/b10-7-,12-9-,19-16-,20-17-,24-22-,25-23-,31-29-,39-18-,48-45-.